The standard InChI is InChI=1S/C13H22N2O/c1-10(2)15-9-5-7-12(15)13(16)11-6-3-4-8-14-11/h5,7,9-11,13-14,16H,3-4,6,8H2,1-2H3. The molecule has 2 atom stereocenters. The Labute approximate surface area is 97.5 Å². The summed E-state index contributed by atoms with van der Waals surface area (Å²) >= 11 is 0. The second-order valence-corrected chi connectivity index (χ2v) is 4.94. The predicted molar refractivity (Wildman–Crippen MR) is 65.4 cm³/mol. The van der Waals surface area contributed by atoms with Crippen molar-refractivity contribution in [1.82, 2.24) is 9.88 Å². The van der Waals surface area contributed by atoms with Gasteiger partial charge in [-0.15, -0.1) is 0 Å². The Morgan fingerprint density at radius 2 is 2.25 bits per heavy atom. The molecule has 3 heteroatoms. The SMILES string of the molecule is CC(C)n1cccc1C(O)C1CCCCN1. The van der Waals surface area contributed by atoms with Crippen molar-refractivity contribution in [3.05, 3.63) is 24.0 Å². The lowest BCUT2D eigenvalue weighted by Crippen LogP contribution is -2.39. The fourth-order valence-electron chi connectivity index (χ4n) is 2.48. The van der Waals surface area contributed by atoms with Crippen molar-refractivity contribution in [3.63, 3.8) is 0 Å². The number of aliphatic hydroxyl groups excluding tert-OH is 1. The second-order valence-electron chi connectivity index (χ2n) is 4.94. The van der Waals surface area contributed by atoms with Gasteiger partial charge in [0.2, 0.25) is 0 Å². The van der Waals surface area contributed by atoms with Crippen LogP contribution in [0.5, 0.6) is 0 Å². The van der Waals surface area contributed by atoms with Crippen LogP contribution in [0, 0.1) is 0 Å². The van der Waals surface area contributed by atoms with Gasteiger partial charge in [0, 0.05) is 24.0 Å². The summed E-state index contributed by atoms with van der Waals surface area (Å²) in [5.41, 5.74) is 1.04. The van der Waals surface area contributed by atoms with Crippen LogP contribution in [0.1, 0.15) is 50.9 Å². The fourth-order valence-corrected chi connectivity index (χ4v) is 2.48. The topological polar surface area (TPSA) is 37.2 Å². The third-order valence-corrected chi connectivity index (χ3v) is 3.40. The van der Waals surface area contributed by atoms with Gasteiger partial charge in [0.25, 0.3) is 0 Å². The Bertz CT molecular complexity index is 326. The summed E-state index contributed by atoms with van der Waals surface area (Å²) in [6.45, 7) is 5.32. The predicted octanol–water partition coefficient (Wildman–Crippen LogP) is 2.24. The van der Waals surface area contributed by atoms with Crippen molar-refractivity contribution in [2.45, 2.75) is 51.3 Å². The summed E-state index contributed by atoms with van der Waals surface area (Å²) in [6.07, 6.45) is 5.19. The van der Waals surface area contributed by atoms with Crippen LogP contribution >= 0.6 is 0 Å². The van der Waals surface area contributed by atoms with E-state index in [1.54, 1.807) is 0 Å². The van der Waals surface area contributed by atoms with Crippen molar-refractivity contribution in [2.75, 3.05) is 6.54 Å². The first-order chi connectivity index (χ1) is 7.70. The normalized spacial score (nSPS) is 23.6. The van der Waals surface area contributed by atoms with Gasteiger partial charge in [-0.05, 0) is 45.4 Å². The summed E-state index contributed by atoms with van der Waals surface area (Å²) in [5, 5.41) is 13.8. The fraction of sp³-hybridized carbons (Fsp3) is 0.692. The van der Waals surface area contributed by atoms with E-state index in [1.165, 1.54) is 12.8 Å². The molecule has 1 fully saturated rings. The van der Waals surface area contributed by atoms with E-state index in [2.05, 4.69) is 23.7 Å². The zero-order valence-corrected chi connectivity index (χ0v) is 10.2. The maximum atomic E-state index is 10.4. The molecule has 0 bridgehead atoms. The van der Waals surface area contributed by atoms with Crippen LogP contribution in [0.25, 0.3) is 0 Å². The van der Waals surface area contributed by atoms with Crippen molar-refractivity contribution in [1.29, 1.82) is 0 Å². The molecule has 0 spiro atoms. The summed E-state index contributed by atoms with van der Waals surface area (Å²) < 4.78 is 2.15. The molecule has 2 heterocycles. The van der Waals surface area contributed by atoms with E-state index in [4.69, 9.17) is 0 Å². The van der Waals surface area contributed by atoms with Gasteiger partial charge in [-0.25, -0.2) is 0 Å². The highest BCUT2D eigenvalue weighted by Crippen LogP contribution is 2.25. The molecule has 1 aromatic rings. The van der Waals surface area contributed by atoms with E-state index in [1.807, 2.05) is 18.3 Å². The lowest BCUT2D eigenvalue weighted by molar-refractivity contribution is 0.105. The number of hydrogen-bond acceptors (Lipinski definition) is 2. The Balaban J connectivity index is 2.12. The van der Waals surface area contributed by atoms with Crippen molar-refractivity contribution in [2.24, 2.45) is 0 Å². The molecule has 2 N–H and O–H groups in total. The van der Waals surface area contributed by atoms with Crippen LogP contribution in [-0.4, -0.2) is 22.3 Å². The van der Waals surface area contributed by atoms with Crippen molar-refractivity contribution < 1.29 is 5.11 Å². The Morgan fingerprint density at radius 3 is 2.88 bits per heavy atom. The molecule has 0 amide bonds. The number of nitrogens with zero attached hydrogens (tertiary/aromatic N) is 1. The maximum Gasteiger partial charge on any atom is 0.109 e. The molecule has 0 saturated carbocycles. The molecule has 0 aromatic carbocycles. The third kappa shape index (κ3) is 2.30. The molecule has 1 aromatic heterocycles. The van der Waals surface area contributed by atoms with Gasteiger partial charge in [-0.1, -0.05) is 6.42 Å². The smallest absolute Gasteiger partial charge is 0.109 e. The number of piperidine rings is 1. The number of aromatic nitrogens is 1. The molecule has 1 saturated heterocycles. The molecule has 1 aliphatic heterocycles. The van der Waals surface area contributed by atoms with Crippen LogP contribution in [0.4, 0.5) is 0 Å². The van der Waals surface area contributed by atoms with E-state index in [-0.39, 0.29) is 12.1 Å². The lowest BCUT2D eigenvalue weighted by Gasteiger charge is -2.29. The Kier molecular flexibility index (Phi) is 3.66. The highest BCUT2D eigenvalue weighted by atomic mass is 16.3. The molecule has 2 unspecified atom stereocenters. The maximum absolute atomic E-state index is 10.4. The largest absolute Gasteiger partial charge is 0.385 e. The minimum atomic E-state index is -0.377. The lowest BCUT2D eigenvalue weighted by atomic mass is 9.98. The van der Waals surface area contributed by atoms with E-state index in [0.29, 0.717) is 6.04 Å². The molecule has 16 heavy (non-hydrogen) atoms. The Hall–Kier alpha value is -0.800. The summed E-state index contributed by atoms with van der Waals surface area (Å²) in [7, 11) is 0. The van der Waals surface area contributed by atoms with E-state index in [9.17, 15) is 5.11 Å². The molecule has 1 aliphatic rings. The van der Waals surface area contributed by atoms with Crippen LogP contribution in [0.15, 0.2) is 18.3 Å². The van der Waals surface area contributed by atoms with Gasteiger partial charge in [-0.2, -0.15) is 0 Å². The summed E-state index contributed by atoms with van der Waals surface area (Å²) in [5.74, 6) is 0. The number of hydrogen-bond donors (Lipinski definition) is 2. The van der Waals surface area contributed by atoms with Crippen molar-refractivity contribution in [3.8, 4) is 0 Å². The molecule has 2 rings (SSSR count). The number of aliphatic hydroxyl groups is 1. The van der Waals surface area contributed by atoms with Crippen LogP contribution in [0.2, 0.25) is 0 Å². The van der Waals surface area contributed by atoms with E-state index >= 15 is 0 Å². The summed E-state index contributed by atoms with van der Waals surface area (Å²) in [4.78, 5) is 0. The van der Waals surface area contributed by atoms with Gasteiger partial charge in [0.05, 0.1) is 0 Å². The van der Waals surface area contributed by atoms with Gasteiger partial charge >= 0.3 is 0 Å². The van der Waals surface area contributed by atoms with E-state index in [0.717, 1.165) is 18.7 Å². The van der Waals surface area contributed by atoms with Gasteiger partial charge in [0.15, 0.2) is 0 Å². The van der Waals surface area contributed by atoms with Gasteiger partial charge < -0.3 is 15.0 Å². The first kappa shape index (κ1) is 11.7. The summed E-state index contributed by atoms with van der Waals surface area (Å²) in [6, 6.07) is 4.67. The first-order valence-electron chi connectivity index (χ1n) is 6.28. The zero-order chi connectivity index (χ0) is 11.5. The highest BCUT2D eigenvalue weighted by molar-refractivity contribution is 5.13. The highest BCUT2D eigenvalue weighted by Gasteiger charge is 2.24. The van der Waals surface area contributed by atoms with Crippen LogP contribution in [-0.2, 0) is 0 Å². The van der Waals surface area contributed by atoms with Gasteiger partial charge in [-0.3, -0.25) is 0 Å². The minimum absolute atomic E-state index is 0.223. The average molecular weight is 222 g/mol. The molecule has 90 valence electrons. The van der Waals surface area contributed by atoms with Crippen LogP contribution < -0.4 is 5.32 Å². The molecular weight excluding hydrogens is 200 g/mol. The minimum Gasteiger partial charge on any atom is -0.385 e. The van der Waals surface area contributed by atoms with Crippen LogP contribution in [0.3, 0.4) is 0 Å². The molecule has 3 nitrogen and oxygen atoms in total. The molecule has 0 aliphatic carbocycles. The monoisotopic (exact) mass is 222 g/mol. The number of rotatable bonds is 3. The van der Waals surface area contributed by atoms with Gasteiger partial charge in [0.1, 0.15) is 6.10 Å². The van der Waals surface area contributed by atoms with E-state index < -0.39 is 0 Å². The molecule has 0 radical (unpaired) electrons. The quantitative estimate of drug-likeness (QED) is 0.823. The zero-order valence-electron chi connectivity index (χ0n) is 10.2. The third-order valence-electron chi connectivity index (χ3n) is 3.40. The average Bonchev–Trinajstić information content (AvgIpc) is 2.78. The second kappa shape index (κ2) is 5.02. The molecular formula is C13H22N2O. The van der Waals surface area contributed by atoms with Crippen molar-refractivity contribution >= 4 is 0 Å². The first-order valence-corrected chi connectivity index (χ1v) is 6.28. The Morgan fingerprint density at radius 1 is 1.44 bits per heavy atom. The number of nitrogens with one attached hydrogen (secondary N) is 1.